The van der Waals surface area contributed by atoms with Gasteiger partial charge in [-0.1, -0.05) is 55.7 Å². The Balaban J connectivity index is 1.86. The van der Waals surface area contributed by atoms with Crippen LogP contribution in [0.2, 0.25) is 0 Å². The van der Waals surface area contributed by atoms with Crippen LogP contribution in [0.15, 0.2) is 48.3 Å². The molecular formula is C18H19F. The van der Waals surface area contributed by atoms with Gasteiger partial charge in [0.05, 0.1) is 0 Å². The zero-order valence-electron chi connectivity index (χ0n) is 11.1. The summed E-state index contributed by atoms with van der Waals surface area (Å²) in [6, 6.07) is 14.3. The third kappa shape index (κ3) is 2.86. The quantitative estimate of drug-likeness (QED) is 0.642. The first-order chi connectivity index (χ1) is 9.33. The first-order valence-corrected chi connectivity index (χ1v) is 7.19. The molecule has 0 nitrogen and oxygen atoms in total. The molecule has 3 rings (SSSR count). The number of benzene rings is 2. The average Bonchev–Trinajstić information content (AvgIpc) is 2.48. The zero-order chi connectivity index (χ0) is 13.1. The van der Waals surface area contributed by atoms with Crippen molar-refractivity contribution in [2.24, 2.45) is 5.92 Å². The van der Waals surface area contributed by atoms with Crippen LogP contribution in [0.4, 0.5) is 4.39 Å². The summed E-state index contributed by atoms with van der Waals surface area (Å²) in [5.74, 6) is 0.218. The number of fused-ring (bicyclic) bond motifs is 1. The Labute approximate surface area is 114 Å². The highest BCUT2D eigenvalue weighted by atomic mass is 19.1. The van der Waals surface area contributed by atoms with Gasteiger partial charge in [-0.2, -0.15) is 0 Å². The highest BCUT2D eigenvalue weighted by Gasteiger charge is 2.17. The maximum atomic E-state index is 14.2. The Hall–Kier alpha value is -1.63. The van der Waals surface area contributed by atoms with Crippen LogP contribution in [0.1, 0.15) is 37.7 Å². The summed E-state index contributed by atoms with van der Waals surface area (Å²) >= 11 is 0. The number of allylic oxidation sites excluding steroid dienone is 1. The Bertz CT molecular complexity index is 591. The van der Waals surface area contributed by atoms with Gasteiger partial charge in [-0.25, -0.2) is 4.39 Å². The third-order valence-electron chi connectivity index (χ3n) is 4.07. The molecule has 1 fully saturated rings. The van der Waals surface area contributed by atoms with E-state index in [2.05, 4.69) is 24.3 Å². The summed E-state index contributed by atoms with van der Waals surface area (Å²) < 4.78 is 14.2. The topological polar surface area (TPSA) is 0 Å². The molecule has 0 aromatic heterocycles. The largest absolute Gasteiger partial charge is 0.212 e. The van der Waals surface area contributed by atoms with E-state index < -0.39 is 0 Å². The van der Waals surface area contributed by atoms with Crippen molar-refractivity contribution in [2.75, 3.05) is 0 Å². The van der Waals surface area contributed by atoms with Crippen molar-refractivity contribution >= 4 is 16.8 Å². The van der Waals surface area contributed by atoms with Crippen molar-refractivity contribution in [3.8, 4) is 0 Å². The maximum absolute atomic E-state index is 14.2. The number of halogens is 1. The molecule has 0 saturated heterocycles. The molecule has 0 heterocycles. The van der Waals surface area contributed by atoms with E-state index in [1.807, 2.05) is 18.2 Å². The lowest BCUT2D eigenvalue weighted by Crippen LogP contribution is -2.06. The van der Waals surface area contributed by atoms with Gasteiger partial charge >= 0.3 is 0 Å². The molecule has 2 aromatic rings. The van der Waals surface area contributed by atoms with Gasteiger partial charge in [0.1, 0.15) is 5.83 Å². The lowest BCUT2D eigenvalue weighted by molar-refractivity contribution is 0.351. The normalized spacial score (nSPS) is 17.8. The summed E-state index contributed by atoms with van der Waals surface area (Å²) in [5, 5.41) is 2.38. The number of hydrogen-bond donors (Lipinski definition) is 0. The molecule has 0 unspecified atom stereocenters. The summed E-state index contributed by atoms with van der Waals surface area (Å²) in [5.41, 5.74) is 0.974. The predicted octanol–water partition coefficient (Wildman–Crippen LogP) is 5.73. The second-order valence-corrected chi connectivity index (χ2v) is 5.47. The lowest BCUT2D eigenvalue weighted by Gasteiger charge is -2.19. The molecule has 1 saturated carbocycles. The molecule has 0 spiro atoms. The van der Waals surface area contributed by atoms with Crippen LogP contribution in [0.5, 0.6) is 0 Å². The van der Waals surface area contributed by atoms with Gasteiger partial charge in [0, 0.05) is 5.92 Å². The van der Waals surface area contributed by atoms with Crippen LogP contribution < -0.4 is 0 Å². The highest BCUT2D eigenvalue weighted by molar-refractivity contribution is 5.84. The molecule has 0 bridgehead atoms. The third-order valence-corrected chi connectivity index (χ3v) is 4.07. The van der Waals surface area contributed by atoms with E-state index in [-0.39, 0.29) is 11.7 Å². The van der Waals surface area contributed by atoms with Crippen molar-refractivity contribution in [2.45, 2.75) is 32.1 Å². The molecule has 1 aliphatic rings. The van der Waals surface area contributed by atoms with Gasteiger partial charge in [-0.3, -0.25) is 0 Å². The summed E-state index contributed by atoms with van der Waals surface area (Å²) in [4.78, 5) is 0. The van der Waals surface area contributed by atoms with Crippen molar-refractivity contribution < 1.29 is 4.39 Å². The molecule has 1 heteroatoms. The molecular weight excluding hydrogens is 235 g/mol. The highest BCUT2D eigenvalue weighted by Crippen LogP contribution is 2.31. The first kappa shape index (κ1) is 12.4. The molecule has 19 heavy (non-hydrogen) atoms. The fourth-order valence-electron chi connectivity index (χ4n) is 2.95. The molecule has 0 aliphatic heterocycles. The smallest absolute Gasteiger partial charge is 0.104 e. The Morgan fingerprint density at radius 2 is 1.68 bits per heavy atom. The molecule has 0 N–H and O–H groups in total. The van der Waals surface area contributed by atoms with E-state index >= 15 is 0 Å². The molecule has 0 atom stereocenters. The van der Waals surface area contributed by atoms with Crippen molar-refractivity contribution in [3.05, 3.63) is 53.9 Å². The number of hydrogen-bond acceptors (Lipinski definition) is 0. The van der Waals surface area contributed by atoms with Crippen molar-refractivity contribution in [3.63, 3.8) is 0 Å². The van der Waals surface area contributed by atoms with E-state index in [1.54, 1.807) is 6.08 Å². The predicted molar refractivity (Wildman–Crippen MR) is 79.6 cm³/mol. The van der Waals surface area contributed by atoms with Crippen LogP contribution in [0.3, 0.4) is 0 Å². The fraction of sp³-hybridized carbons (Fsp3) is 0.333. The van der Waals surface area contributed by atoms with Crippen molar-refractivity contribution in [1.82, 2.24) is 0 Å². The van der Waals surface area contributed by atoms with Crippen LogP contribution in [-0.2, 0) is 0 Å². The average molecular weight is 254 g/mol. The molecule has 2 aromatic carbocycles. The Morgan fingerprint density at radius 3 is 2.47 bits per heavy atom. The molecule has 98 valence electrons. The van der Waals surface area contributed by atoms with E-state index in [0.29, 0.717) is 0 Å². The minimum Gasteiger partial charge on any atom is -0.212 e. The minimum absolute atomic E-state index is 0.0648. The second-order valence-electron chi connectivity index (χ2n) is 5.47. The van der Waals surface area contributed by atoms with Gasteiger partial charge < -0.3 is 0 Å². The molecule has 0 amide bonds. The standard InChI is InChI=1S/C18H19F/c19-18(16-7-2-1-3-8-16)13-14-10-11-15-6-4-5-9-17(15)12-14/h4-6,9-13,16H,1-3,7-8H2. The van der Waals surface area contributed by atoms with Crippen molar-refractivity contribution in [1.29, 1.82) is 0 Å². The van der Waals surface area contributed by atoms with Gasteiger partial charge in [-0.15, -0.1) is 0 Å². The van der Waals surface area contributed by atoms with Gasteiger partial charge in [-0.05, 0) is 41.3 Å². The zero-order valence-corrected chi connectivity index (χ0v) is 11.1. The van der Waals surface area contributed by atoms with E-state index in [1.165, 1.54) is 30.0 Å². The monoisotopic (exact) mass is 254 g/mol. The Morgan fingerprint density at radius 1 is 0.947 bits per heavy atom. The number of rotatable bonds is 2. The lowest BCUT2D eigenvalue weighted by atomic mass is 9.88. The Kier molecular flexibility index (Phi) is 3.63. The van der Waals surface area contributed by atoms with Gasteiger partial charge in [0.15, 0.2) is 0 Å². The van der Waals surface area contributed by atoms with Crippen LogP contribution in [0.25, 0.3) is 16.8 Å². The van der Waals surface area contributed by atoms with Crippen LogP contribution in [0, 0.1) is 5.92 Å². The van der Waals surface area contributed by atoms with Crippen LogP contribution in [-0.4, -0.2) is 0 Å². The molecule has 1 aliphatic carbocycles. The van der Waals surface area contributed by atoms with E-state index in [9.17, 15) is 4.39 Å². The minimum atomic E-state index is 0.0648. The fourth-order valence-corrected chi connectivity index (χ4v) is 2.95. The molecule has 0 radical (unpaired) electrons. The SMILES string of the molecule is FC(=Cc1ccc2ccccc2c1)C1CCCCC1. The summed E-state index contributed by atoms with van der Waals surface area (Å²) in [7, 11) is 0. The van der Waals surface area contributed by atoms with E-state index in [0.717, 1.165) is 18.4 Å². The van der Waals surface area contributed by atoms with E-state index in [4.69, 9.17) is 0 Å². The first-order valence-electron chi connectivity index (χ1n) is 7.19. The summed E-state index contributed by atoms with van der Waals surface area (Å²) in [6.07, 6.45) is 7.35. The van der Waals surface area contributed by atoms with Crippen LogP contribution >= 0.6 is 0 Å². The van der Waals surface area contributed by atoms with Gasteiger partial charge in [0.2, 0.25) is 0 Å². The van der Waals surface area contributed by atoms with Gasteiger partial charge in [0.25, 0.3) is 0 Å². The maximum Gasteiger partial charge on any atom is 0.104 e. The second kappa shape index (κ2) is 5.56. The summed E-state index contributed by atoms with van der Waals surface area (Å²) in [6.45, 7) is 0.